The minimum atomic E-state index is -2.59. The predicted molar refractivity (Wildman–Crippen MR) is 84.0 cm³/mol. The van der Waals surface area contributed by atoms with Crippen molar-refractivity contribution in [2.45, 2.75) is 79.6 Å². The summed E-state index contributed by atoms with van der Waals surface area (Å²) in [6.07, 6.45) is 0. The van der Waals surface area contributed by atoms with Crippen LogP contribution in [-0.2, 0) is 8.85 Å². The normalized spacial score (nSPS) is 13.9. The molecule has 0 unspecified atom stereocenters. The van der Waals surface area contributed by atoms with Crippen LogP contribution in [0.3, 0.4) is 0 Å². The van der Waals surface area contributed by atoms with Crippen LogP contribution in [0, 0.1) is 0 Å². The SMILES string of the molecule is CO[Si](OC)(N(C(C)C)C(C)C)N(C(C)C)C(C)C. The van der Waals surface area contributed by atoms with E-state index in [0.717, 1.165) is 0 Å². The second-order valence-electron chi connectivity index (χ2n) is 6.15. The lowest BCUT2D eigenvalue weighted by molar-refractivity contribution is 0.0446. The van der Waals surface area contributed by atoms with E-state index in [1.807, 2.05) is 0 Å². The summed E-state index contributed by atoms with van der Waals surface area (Å²) in [6.45, 7) is 17.7. The van der Waals surface area contributed by atoms with E-state index in [4.69, 9.17) is 8.85 Å². The molecule has 4 nitrogen and oxygen atoms in total. The van der Waals surface area contributed by atoms with Gasteiger partial charge in [0.2, 0.25) is 0 Å². The average molecular weight is 291 g/mol. The van der Waals surface area contributed by atoms with Gasteiger partial charge >= 0.3 is 8.88 Å². The Morgan fingerprint density at radius 3 is 0.895 bits per heavy atom. The Labute approximate surface area is 121 Å². The van der Waals surface area contributed by atoms with Gasteiger partial charge in [-0.15, -0.1) is 0 Å². The van der Waals surface area contributed by atoms with Crippen molar-refractivity contribution in [1.29, 1.82) is 0 Å². The Hall–Kier alpha value is 0.0569. The van der Waals surface area contributed by atoms with Crippen LogP contribution in [0.25, 0.3) is 0 Å². The standard InChI is InChI=1S/C14H34N2O2Si/c1-11(2)15(12(3)4)19(17-9,18-10)16(13(5)6)14(7)8/h11-14H,1-10H3. The van der Waals surface area contributed by atoms with Gasteiger partial charge < -0.3 is 8.85 Å². The third-order valence-electron chi connectivity index (χ3n) is 3.41. The number of hydrogen-bond acceptors (Lipinski definition) is 4. The number of rotatable bonds is 8. The zero-order valence-electron chi connectivity index (χ0n) is 14.5. The van der Waals surface area contributed by atoms with Crippen LogP contribution in [0.1, 0.15) is 55.4 Å². The van der Waals surface area contributed by atoms with Crippen LogP contribution >= 0.6 is 0 Å². The molecule has 0 aliphatic carbocycles. The molecule has 0 amide bonds. The van der Waals surface area contributed by atoms with Crippen LogP contribution in [0.4, 0.5) is 0 Å². The fourth-order valence-electron chi connectivity index (χ4n) is 3.14. The molecule has 0 aromatic heterocycles. The van der Waals surface area contributed by atoms with E-state index < -0.39 is 8.88 Å². The highest BCUT2D eigenvalue weighted by Gasteiger charge is 2.54. The van der Waals surface area contributed by atoms with E-state index in [-0.39, 0.29) is 0 Å². The van der Waals surface area contributed by atoms with Crippen LogP contribution < -0.4 is 0 Å². The van der Waals surface area contributed by atoms with E-state index in [9.17, 15) is 0 Å². The third kappa shape index (κ3) is 4.01. The molecule has 19 heavy (non-hydrogen) atoms. The lowest BCUT2D eigenvalue weighted by Gasteiger charge is -2.50. The minimum Gasteiger partial charge on any atom is -0.374 e. The molecule has 0 heterocycles. The van der Waals surface area contributed by atoms with Crippen molar-refractivity contribution in [3.63, 3.8) is 0 Å². The smallest absolute Gasteiger partial charge is 0.374 e. The van der Waals surface area contributed by atoms with Gasteiger partial charge in [0, 0.05) is 38.4 Å². The summed E-state index contributed by atoms with van der Waals surface area (Å²) in [5, 5.41) is 0. The fourth-order valence-corrected chi connectivity index (χ4v) is 7.02. The summed E-state index contributed by atoms with van der Waals surface area (Å²) >= 11 is 0. The van der Waals surface area contributed by atoms with Gasteiger partial charge in [-0.1, -0.05) is 55.4 Å². The average Bonchev–Trinajstić information content (AvgIpc) is 2.25. The molecular formula is C14H34N2O2Si. The zero-order chi connectivity index (χ0) is 15.4. The van der Waals surface area contributed by atoms with Crippen molar-refractivity contribution in [2.24, 2.45) is 0 Å². The number of hydrogen-bond donors (Lipinski definition) is 0. The Morgan fingerprint density at radius 2 is 0.789 bits per heavy atom. The first-order chi connectivity index (χ1) is 8.65. The first-order valence-corrected chi connectivity index (χ1v) is 9.03. The van der Waals surface area contributed by atoms with E-state index >= 15 is 0 Å². The van der Waals surface area contributed by atoms with Crippen molar-refractivity contribution in [1.82, 2.24) is 9.13 Å². The molecule has 0 spiro atoms. The molecule has 0 bridgehead atoms. The summed E-state index contributed by atoms with van der Waals surface area (Å²) in [7, 11) is 0.978. The van der Waals surface area contributed by atoms with Crippen LogP contribution in [0.2, 0.25) is 0 Å². The maximum Gasteiger partial charge on any atom is 0.522 e. The summed E-state index contributed by atoms with van der Waals surface area (Å²) in [6, 6.07) is 1.52. The molecule has 0 rings (SSSR count). The second-order valence-corrected chi connectivity index (χ2v) is 9.09. The van der Waals surface area contributed by atoms with E-state index in [2.05, 4.69) is 64.5 Å². The summed E-state index contributed by atoms with van der Waals surface area (Å²) in [5.74, 6) is 0. The summed E-state index contributed by atoms with van der Waals surface area (Å²) in [4.78, 5) is 0. The Balaban J connectivity index is 5.78. The lowest BCUT2D eigenvalue weighted by Crippen LogP contribution is -2.74. The summed E-state index contributed by atoms with van der Waals surface area (Å²) < 4.78 is 16.9. The van der Waals surface area contributed by atoms with Crippen molar-refractivity contribution in [3.8, 4) is 0 Å². The minimum absolute atomic E-state index is 0.381. The van der Waals surface area contributed by atoms with Crippen molar-refractivity contribution < 1.29 is 8.85 Å². The highest BCUT2D eigenvalue weighted by Crippen LogP contribution is 2.27. The molecule has 0 aromatic rings. The highest BCUT2D eigenvalue weighted by atomic mass is 28.4. The van der Waals surface area contributed by atoms with Crippen molar-refractivity contribution >= 4 is 8.88 Å². The molecule has 0 aromatic carbocycles. The van der Waals surface area contributed by atoms with Gasteiger partial charge in [0.1, 0.15) is 0 Å². The van der Waals surface area contributed by atoms with Gasteiger partial charge in [-0.05, 0) is 0 Å². The topological polar surface area (TPSA) is 24.9 Å². The molecule has 0 saturated carbocycles. The third-order valence-corrected chi connectivity index (χ3v) is 7.84. The Kier molecular flexibility index (Phi) is 7.76. The van der Waals surface area contributed by atoms with E-state index in [0.29, 0.717) is 24.2 Å². The van der Waals surface area contributed by atoms with Crippen molar-refractivity contribution in [2.75, 3.05) is 14.2 Å². The van der Waals surface area contributed by atoms with Gasteiger partial charge in [0.05, 0.1) is 0 Å². The van der Waals surface area contributed by atoms with Gasteiger partial charge in [-0.25, -0.2) is 0 Å². The predicted octanol–water partition coefficient (Wildman–Crippen LogP) is 2.95. The Morgan fingerprint density at radius 1 is 0.579 bits per heavy atom. The van der Waals surface area contributed by atoms with Crippen LogP contribution in [0.5, 0.6) is 0 Å². The Bertz CT molecular complexity index is 216. The zero-order valence-corrected chi connectivity index (χ0v) is 15.5. The molecule has 0 N–H and O–H groups in total. The van der Waals surface area contributed by atoms with Crippen LogP contribution in [0.15, 0.2) is 0 Å². The molecule has 0 saturated heterocycles. The molecule has 0 fully saturated rings. The lowest BCUT2D eigenvalue weighted by atomic mass is 10.3. The number of nitrogens with zero attached hydrogens (tertiary/aromatic N) is 2. The maximum atomic E-state index is 6.03. The van der Waals surface area contributed by atoms with Gasteiger partial charge in [-0.3, -0.25) is 9.13 Å². The largest absolute Gasteiger partial charge is 0.522 e. The first-order valence-electron chi connectivity index (χ1n) is 7.32. The van der Waals surface area contributed by atoms with Gasteiger partial charge in [0.25, 0.3) is 0 Å². The molecule has 0 radical (unpaired) electrons. The monoisotopic (exact) mass is 290 g/mol. The van der Waals surface area contributed by atoms with Gasteiger partial charge in [-0.2, -0.15) is 0 Å². The molecule has 0 atom stereocenters. The molecule has 0 aliphatic rings. The highest BCUT2D eigenvalue weighted by molar-refractivity contribution is 6.61. The molecular weight excluding hydrogens is 256 g/mol. The summed E-state index contributed by atoms with van der Waals surface area (Å²) in [5.41, 5.74) is 0. The van der Waals surface area contributed by atoms with Gasteiger partial charge in [0.15, 0.2) is 0 Å². The first kappa shape index (κ1) is 19.1. The van der Waals surface area contributed by atoms with Crippen LogP contribution in [-0.4, -0.2) is 56.4 Å². The molecule has 116 valence electrons. The van der Waals surface area contributed by atoms with E-state index in [1.165, 1.54) is 0 Å². The maximum absolute atomic E-state index is 6.03. The quantitative estimate of drug-likeness (QED) is 0.642. The second kappa shape index (κ2) is 7.74. The molecule has 0 aliphatic heterocycles. The molecule has 5 heteroatoms. The fraction of sp³-hybridized carbons (Fsp3) is 1.00. The van der Waals surface area contributed by atoms with Crippen molar-refractivity contribution in [3.05, 3.63) is 0 Å². The van der Waals surface area contributed by atoms with E-state index in [1.54, 1.807) is 14.2 Å².